The van der Waals surface area contributed by atoms with E-state index in [0.29, 0.717) is 5.75 Å². The molecule has 2 aromatic rings. The summed E-state index contributed by atoms with van der Waals surface area (Å²) in [4.78, 5) is 11.1. The molecule has 4 heteroatoms. The number of rotatable bonds is 6. The van der Waals surface area contributed by atoms with Crippen LogP contribution in [-0.2, 0) is 0 Å². The average molecular weight is 271 g/mol. The molecule has 0 heterocycles. The number of hydrogen-bond acceptors (Lipinski definition) is 4. The second-order valence-corrected chi connectivity index (χ2v) is 4.65. The van der Waals surface area contributed by atoms with Gasteiger partial charge in [0.05, 0.1) is 6.10 Å². The summed E-state index contributed by atoms with van der Waals surface area (Å²) < 4.78 is 5.38. The fourth-order valence-corrected chi connectivity index (χ4v) is 1.91. The first kappa shape index (κ1) is 14.2. The van der Waals surface area contributed by atoms with Crippen LogP contribution in [0.2, 0.25) is 0 Å². The quantitative estimate of drug-likeness (QED) is 0.820. The van der Waals surface area contributed by atoms with Gasteiger partial charge in [-0.15, -0.1) is 4.91 Å². The van der Waals surface area contributed by atoms with E-state index in [4.69, 9.17) is 9.84 Å². The molecule has 0 saturated carbocycles. The van der Waals surface area contributed by atoms with Crippen LogP contribution in [0.5, 0.6) is 5.75 Å². The van der Waals surface area contributed by atoms with Gasteiger partial charge in [-0.25, -0.2) is 0 Å². The monoisotopic (exact) mass is 271 g/mol. The summed E-state index contributed by atoms with van der Waals surface area (Å²) >= 11 is 0. The van der Waals surface area contributed by atoms with Gasteiger partial charge in [-0.2, -0.15) is 0 Å². The minimum atomic E-state index is -0.512. The van der Waals surface area contributed by atoms with Gasteiger partial charge in [0.25, 0.3) is 0 Å². The average Bonchev–Trinajstić information content (AvgIpc) is 2.48. The highest BCUT2D eigenvalue weighted by Gasteiger charge is 2.14. The lowest BCUT2D eigenvalue weighted by atomic mass is 10.00. The first-order chi connectivity index (χ1) is 9.70. The van der Waals surface area contributed by atoms with E-state index in [9.17, 15) is 4.91 Å². The standard InChI is InChI=1S/C16H17NO3/c1-12(18)11-20-15-9-7-14(8-10-15)16(17-19)13-5-3-2-4-6-13/h2-10,12,16,18H,11H2,1H3. The Labute approximate surface area is 118 Å². The minimum absolute atomic E-state index is 0.243. The van der Waals surface area contributed by atoms with E-state index in [1.54, 1.807) is 19.1 Å². The molecule has 0 bridgehead atoms. The van der Waals surface area contributed by atoms with Gasteiger partial charge in [0.1, 0.15) is 18.4 Å². The third-order valence-corrected chi connectivity index (χ3v) is 2.91. The molecule has 0 amide bonds. The molecule has 0 aliphatic carbocycles. The normalized spacial score (nSPS) is 13.5. The Hall–Kier alpha value is -2.20. The van der Waals surface area contributed by atoms with Gasteiger partial charge in [0.15, 0.2) is 0 Å². The van der Waals surface area contributed by atoms with Crippen molar-refractivity contribution in [2.24, 2.45) is 5.18 Å². The molecular weight excluding hydrogens is 254 g/mol. The molecule has 2 rings (SSSR count). The number of benzene rings is 2. The Morgan fingerprint density at radius 1 is 1.05 bits per heavy atom. The van der Waals surface area contributed by atoms with Gasteiger partial charge in [-0.05, 0) is 30.2 Å². The number of aliphatic hydroxyl groups is 1. The zero-order valence-electron chi connectivity index (χ0n) is 11.3. The Balaban J connectivity index is 2.14. The Morgan fingerprint density at radius 3 is 2.20 bits per heavy atom. The zero-order chi connectivity index (χ0) is 14.4. The predicted molar refractivity (Wildman–Crippen MR) is 77.7 cm³/mol. The summed E-state index contributed by atoms with van der Waals surface area (Å²) in [7, 11) is 0. The van der Waals surface area contributed by atoms with Crippen LogP contribution in [0.4, 0.5) is 0 Å². The lowest BCUT2D eigenvalue weighted by Gasteiger charge is -2.12. The first-order valence-electron chi connectivity index (χ1n) is 6.49. The molecule has 2 aromatic carbocycles. The fourth-order valence-electron chi connectivity index (χ4n) is 1.91. The molecule has 0 radical (unpaired) electrons. The Bertz CT molecular complexity index is 537. The van der Waals surface area contributed by atoms with E-state index in [0.717, 1.165) is 11.1 Å². The molecule has 2 unspecified atom stereocenters. The molecule has 0 spiro atoms. The summed E-state index contributed by atoms with van der Waals surface area (Å²) in [6.07, 6.45) is -0.511. The smallest absolute Gasteiger partial charge is 0.142 e. The highest BCUT2D eigenvalue weighted by atomic mass is 16.5. The molecule has 0 aliphatic rings. The van der Waals surface area contributed by atoms with Crippen LogP contribution in [0, 0.1) is 4.91 Å². The van der Waals surface area contributed by atoms with E-state index in [-0.39, 0.29) is 6.61 Å². The maximum atomic E-state index is 11.1. The summed E-state index contributed by atoms with van der Waals surface area (Å²) in [5, 5.41) is 12.4. The maximum absolute atomic E-state index is 11.1. The van der Waals surface area contributed by atoms with E-state index in [2.05, 4.69) is 5.18 Å². The molecule has 4 nitrogen and oxygen atoms in total. The van der Waals surface area contributed by atoms with Crippen molar-refractivity contribution in [2.75, 3.05) is 6.61 Å². The zero-order valence-corrected chi connectivity index (χ0v) is 11.3. The van der Waals surface area contributed by atoms with Gasteiger partial charge in [0.2, 0.25) is 0 Å². The Kier molecular flexibility index (Phi) is 4.85. The molecule has 0 saturated heterocycles. The third kappa shape index (κ3) is 3.65. The number of nitrogens with zero attached hydrogens (tertiary/aromatic N) is 1. The van der Waals surface area contributed by atoms with Crippen molar-refractivity contribution >= 4 is 0 Å². The van der Waals surface area contributed by atoms with Crippen molar-refractivity contribution in [3.05, 3.63) is 70.6 Å². The van der Waals surface area contributed by atoms with Gasteiger partial charge in [0, 0.05) is 0 Å². The first-order valence-corrected chi connectivity index (χ1v) is 6.49. The molecule has 2 atom stereocenters. The van der Waals surface area contributed by atoms with Crippen LogP contribution in [-0.4, -0.2) is 17.8 Å². The van der Waals surface area contributed by atoms with Gasteiger partial charge >= 0.3 is 0 Å². The summed E-state index contributed by atoms with van der Waals surface area (Å²) in [6, 6.07) is 16.1. The van der Waals surface area contributed by atoms with Crippen molar-refractivity contribution in [3.63, 3.8) is 0 Å². The second-order valence-electron chi connectivity index (χ2n) is 4.65. The summed E-state index contributed by atoms with van der Waals surface area (Å²) in [5.74, 6) is 0.660. The van der Waals surface area contributed by atoms with E-state index < -0.39 is 12.1 Å². The molecule has 0 aliphatic heterocycles. The maximum Gasteiger partial charge on any atom is 0.142 e. The van der Waals surface area contributed by atoms with Gasteiger partial charge in [-0.3, -0.25) is 0 Å². The Morgan fingerprint density at radius 2 is 1.65 bits per heavy atom. The largest absolute Gasteiger partial charge is 0.491 e. The summed E-state index contributed by atoms with van der Waals surface area (Å²) in [5.41, 5.74) is 1.68. The van der Waals surface area contributed by atoms with Gasteiger partial charge in [-0.1, -0.05) is 47.6 Å². The molecule has 20 heavy (non-hydrogen) atoms. The van der Waals surface area contributed by atoms with Crippen LogP contribution in [0.15, 0.2) is 59.8 Å². The minimum Gasteiger partial charge on any atom is -0.491 e. The fraction of sp³-hybridized carbons (Fsp3) is 0.250. The highest BCUT2D eigenvalue weighted by Crippen LogP contribution is 2.27. The SMILES string of the molecule is CC(O)COc1ccc(C(N=O)c2ccccc2)cc1. The van der Waals surface area contributed by atoms with Crippen LogP contribution < -0.4 is 4.74 Å². The number of ether oxygens (including phenoxy) is 1. The van der Waals surface area contributed by atoms with Crippen LogP contribution >= 0.6 is 0 Å². The lowest BCUT2D eigenvalue weighted by molar-refractivity contribution is 0.122. The van der Waals surface area contributed by atoms with Crippen molar-refractivity contribution in [2.45, 2.75) is 19.1 Å². The van der Waals surface area contributed by atoms with Crippen LogP contribution in [0.3, 0.4) is 0 Å². The third-order valence-electron chi connectivity index (χ3n) is 2.91. The van der Waals surface area contributed by atoms with Crippen LogP contribution in [0.1, 0.15) is 24.1 Å². The van der Waals surface area contributed by atoms with E-state index in [1.165, 1.54) is 0 Å². The van der Waals surface area contributed by atoms with Crippen molar-refractivity contribution < 1.29 is 9.84 Å². The van der Waals surface area contributed by atoms with Gasteiger partial charge < -0.3 is 9.84 Å². The summed E-state index contributed by atoms with van der Waals surface area (Å²) in [6.45, 7) is 1.91. The van der Waals surface area contributed by atoms with Crippen molar-refractivity contribution in [3.8, 4) is 5.75 Å². The van der Waals surface area contributed by atoms with Crippen molar-refractivity contribution in [1.82, 2.24) is 0 Å². The predicted octanol–water partition coefficient (Wildman–Crippen LogP) is 3.30. The second kappa shape index (κ2) is 6.82. The molecule has 1 N–H and O–H groups in total. The topological polar surface area (TPSA) is 58.9 Å². The molecule has 104 valence electrons. The number of aliphatic hydroxyl groups excluding tert-OH is 1. The molecule has 0 fully saturated rings. The van der Waals surface area contributed by atoms with Crippen LogP contribution in [0.25, 0.3) is 0 Å². The van der Waals surface area contributed by atoms with E-state index >= 15 is 0 Å². The lowest BCUT2D eigenvalue weighted by Crippen LogP contribution is -2.12. The number of hydrogen-bond donors (Lipinski definition) is 1. The highest BCUT2D eigenvalue weighted by molar-refractivity contribution is 5.35. The van der Waals surface area contributed by atoms with Crippen molar-refractivity contribution in [1.29, 1.82) is 0 Å². The number of nitroso groups, excluding NO2 is 1. The van der Waals surface area contributed by atoms with E-state index in [1.807, 2.05) is 42.5 Å². The molecular formula is C16H17NO3. The molecule has 0 aromatic heterocycles.